The van der Waals surface area contributed by atoms with E-state index in [0.29, 0.717) is 5.92 Å². The van der Waals surface area contributed by atoms with Gasteiger partial charge in [-0.15, -0.1) is 11.3 Å². The van der Waals surface area contributed by atoms with Crippen molar-refractivity contribution in [3.8, 4) is 45.0 Å². The molecule has 7 aromatic carbocycles. The molecule has 228 valence electrons. The summed E-state index contributed by atoms with van der Waals surface area (Å²) in [6, 6.07) is 48.5. The third kappa shape index (κ3) is 4.17. The maximum absolute atomic E-state index is 5.57. The van der Waals surface area contributed by atoms with Crippen LogP contribution < -0.4 is 0 Å². The van der Waals surface area contributed by atoms with Gasteiger partial charge in [0, 0.05) is 42.4 Å². The van der Waals surface area contributed by atoms with E-state index >= 15 is 0 Å². The maximum atomic E-state index is 5.57. The fraction of sp³-hybridized carbons (Fsp3) is 0.111. The topological polar surface area (TPSA) is 25.8 Å². The van der Waals surface area contributed by atoms with Crippen LogP contribution in [0.5, 0.6) is 0 Å². The number of fused-ring (bicyclic) bond motifs is 3. The first kappa shape index (κ1) is 27.7. The van der Waals surface area contributed by atoms with Crippen LogP contribution in [0.25, 0.3) is 86.7 Å². The summed E-state index contributed by atoms with van der Waals surface area (Å²) in [6.45, 7) is 2.22. The van der Waals surface area contributed by atoms with Crippen molar-refractivity contribution in [2.75, 3.05) is 0 Å². The van der Waals surface area contributed by atoms with Gasteiger partial charge < -0.3 is 0 Å². The molecule has 0 unspecified atom stereocenters. The summed E-state index contributed by atoms with van der Waals surface area (Å²) < 4.78 is 2.70. The van der Waals surface area contributed by atoms with Gasteiger partial charge in [0.25, 0.3) is 0 Å². The summed E-state index contributed by atoms with van der Waals surface area (Å²) in [5, 5.41) is 7.98. The summed E-state index contributed by atoms with van der Waals surface area (Å²) in [4.78, 5) is 11.1. The lowest BCUT2D eigenvalue weighted by Crippen LogP contribution is -2.15. The number of aryl methyl sites for hydroxylation is 1. The molecule has 0 spiro atoms. The SMILES string of the molecule is Cc1ccc(-c2ccccc2)cc1-c1nc(-c2ccccc2)nc(-c2cccc3c4cccc5sc6cccc(c23)c6c54)c1C1CCC1. The molecule has 9 aromatic rings. The lowest BCUT2D eigenvalue weighted by molar-refractivity contribution is 0.420. The van der Waals surface area contributed by atoms with E-state index in [0.717, 1.165) is 35.6 Å². The van der Waals surface area contributed by atoms with Crippen LogP contribution >= 0.6 is 11.3 Å². The molecular weight excluding hydrogens is 601 g/mol. The molecule has 1 fully saturated rings. The van der Waals surface area contributed by atoms with E-state index in [1.807, 2.05) is 11.3 Å². The van der Waals surface area contributed by atoms with Crippen LogP contribution in [0, 0.1) is 6.92 Å². The normalized spacial score (nSPS) is 13.6. The second kappa shape index (κ2) is 10.8. The second-order valence-corrected chi connectivity index (χ2v) is 14.3. The fourth-order valence-electron chi connectivity index (χ4n) is 7.93. The Labute approximate surface area is 283 Å². The molecule has 0 amide bonds. The molecule has 0 aliphatic heterocycles. The Morgan fingerprint density at radius 2 is 1.12 bits per heavy atom. The molecule has 48 heavy (non-hydrogen) atoms. The van der Waals surface area contributed by atoms with E-state index in [1.165, 1.54) is 81.5 Å². The zero-order chi connectivity index (χ0) is 31.8. The minimum Gasteiger partial charge on any atom is -0.228 e. The van der Waals surface area contributed by atoms with Gasteiger partial charge in [-0.3, -0.25) is 0 Å². The third-order valence-electron chi connectivity index (χ3n) is 10.5. The van der Waals surface area contributed by atoms with Crippen LogP contribution in [-0.2, 0) is 0 Å². The first-order valence-electron chi connectivity index (χ1n) is 16.9. The predicted molar refractivity (Wildman–Crippen MR) is 204 cm³/mol. The summed E-state index contributed by atoms with van der Waals surface area (Å²) in [6.07, 6.45) is 3.55. The standard InChI is InChI=1S/C45H32N2S/c1-27-24-25-31(28-12-4-2-5-13-28)26-36(27)44-39(29-16-8-17-29)43(46-45(47-44)30-14-6-3-7-15-30)35-21-9-18-32-33-19-10-22-37-41(33)42-34(40(32)35)20-11-23-38(42)48-37/h2-7,9-15,18-26,29H,8,16-17H2,1H3. The largest absolute Gasteiger partial charge is 0.228 e. The van der Waals surface area contributed by atoms with Gasteiger partial charge in [0.05, 0.1) is 11.4 Å². The Hall–Kier alpha value is -5.38. The number of thiophene rings is 1. The number of rotatable bonds is 5. The van der Waals surface area contributed by atoms with Crippen molar-refractivity contribution >= 4 is 53.1 Å². The van der Waals surface area contributed by atoms with Gasteiger partial charge in [-0.25, -0.2) is 9.97 Å². The molecule has 1 saturated carbocycles. The maximum Gasteiger partial charge on any atom is 0.160 e. The van der Waals surface area contributed by atoms with E-state index in [-0.39, 0.29) is 0 Å². The lowest BCUT2D eigenvalue weighted by Gasteiger charge is -2.30. The van der Waals surface area contributed by atoms with Crippen molar-refractivity contribution in [3.05, 3.63) is 145 Å². The predicted octanol–water partition coefficient (Wildman–Crippen LogP) is 12.8. The molecule has 3 heteroatoms. The summed E-state index contributed by atoms with van der Waals surface area (Å²) in [5.41, 5.74) is 10.5. The van der Waals surface area contributed by atoms with E-state index in [1.54, 1.807) is 0 Å². The molecule has 0 N–H and O–H groups in total. The number of aromatic nitrogens is 2. The fourth-order valence-corrected chi connectivity index (χ4v) is 9.09. The average molecular weight is 633 g/mol. The van der Waals surface area contributed by atoms with Gasteiger partial charge in [-0.2, -0.15) is 0 Å². The molecule has 0 atom stereocenters. The molecule has 0 radical (unpaired) electrons. The van der Waals surface area contributed by atoms with Gasteiger partial charge in [-0.05, 0) is 82.1 Å². The number of benzene rings is 7. The van der Waals surface area contributed by atoms with Crippen LogP contribution in [0.2, 0.25) is 0 Å². The lowest BCUT2D eigenvalue weighted by atomic mass is 9.75. The van der Waals surface area contributed by atoms with E-state index in [2.05, 4.69) is 140 Å². The highest BCUT2D eigenvalue weighted by Crippen LogP contribution is 2.51. The zero-order valence-corrected chi connectivity index (χ0v) is 27.5. The zero-order valence-electron chi connectivity index (χ0n) is 26.7. The Kier molecular flexibility index (Phi) is 6.25. The monoisotopic (exact) mass is 632 g/mol. The highest BCUT2D eigenvalue weighted by atomic mass is 32.1. The van der Waals surface area contributed by atoms with Crippen molar-refractivity contribution in [2.24, 2.45) is 0 Å². The van der Waals surface area contributed by atoms with Crippen molar-refractivity contribution in [2.45, 2.75) is 32.1 Å². The van der Waals surface area contributed by atoms with Gasteiger partial charge in [-0.1, -0.05) is 122 Å². The average Bonchev–Trinajstić information content (AvgIpc) is 3.51. The number of hydrogen-bond acceptors (Lipinski definition) is 3. The van der Waals surface area contributed by atoms with Crippen LogP contribution in [0.3, 0.4) is 0 Å². The minimum atomic E-state index is 0.412. The van der Waals surface area contributed by atoms with E-state index in [4.69, 9.17) is 9.97 Å². The first-order chi connectivity index (χ1) is 23.7. The van der Waals surface area contributed by atoms with E-state index < -0.39 is 0 Å². The van der Waals surface area contributed by atoms with Gasteiger partial charge in [0.2, 0.25) is 0 Å². The quantitative estimate of drug-likeness (QED) is 0.176. The first-order valence-corrected chi connectivity index (χ1v) is 17.8. The third-order valence-corrected chi connectivity index (χ3v) is 11.6. The number of hydrogen-bond donors (Lipinski definition) is 0. The Bertz CT molecular complexity index is 2650. The molecule has 2 nitrogen and oxygen atoms in total. The molecule has 2 heterocycles. The highest BCUT2D eigenvalue weighted by molar-refractivity contribution is 7.26. The van der Waals surface area contributed by atoms with Crippen LogP contribution in [0.15, 0.2) is 133 Å². The highest BCUT2D eigenvalue weighted by Gasteiger charge is 2.31. The van der Waals surface area contributed by atoms with Gasteiger partial charge in [0.15, 0.2) is 5.82 Å². The Morgan fingerprint density at radius 1 is 0.521 bits per heavy atom. The molecule has 0 bridgehead atoms. The molecular formula is C45H32N2S. The smallest absolute Gasteiger partial charge is 0.160 e. The number of nitrogens with zero attached hydrogens (tertiary/aromatic N) is 2. The van der Waals surface area contributed by atoms with Gasteiger partial charge in [0.1, 0.15) is 0 Å². The van der Waals surface area contributed by atoms with Crippen molar-refractivity contribution in [3.63, 3.8) is 0 Å². The molecule has 0 saturated heterocycles. The Balaban J connectivity index is 1.34. The second-order valence-electron chi connectivity index (χ2n) is 13.2. The Morgan fingerprint density at radius 3 is 1.81 bits per heavy atom. The molecule has 1 aliphatic carbocycles. The molecule has 10 rings (SSSR count). The van der Waals surface area contributed by atoms with Crippen molar-refractivity contribution in [1.82, 2.24) is 9.97 Å². The van der Waals surface area contributed by atoms with Crippen LogP contribution in [0.4, 0.5) is 0 Å². The van der Waals surface area contributed by atoms with Crippen molar-refractivity contribution in [1.29, 1.82) is 0 Å². The minimum absolute atomic E-state index is 0.412. The summed E-state index contributed by atoms with van der Waals surface area (Å²) >= 11 is 1.90. The van der Waals surface area contributed by atoms with Crippen molar-refractivity contribution < 1.29 is 0 Å². The van der Waals surface area contributed by atoms with E-state index in [9.17, 15) is 0 Å². The molecule has 1 aliphatic rings. The summed E-state index contributed by atoms with van der Waals surface area (Å²) in [5.74, 6) is 1.19. The summed E-state index contributed by atoms with van der Waals surface area (Å²) in [7, 11) is 0. The molecule has 2 aromatic heterocycles. The van der Waals surface area contributed by atoms with Crippen LogP contribution in [0.1, 0.15) is 36.3 Å². The van der Waals surface area contributed by atoms with Gasteiger partial charge >= 0.3 is 0 Å². The van der Waals surface area contributed by atoms with Crippen LogP contribution in [-0.4, -0.2) is 9.97 Å².